The fourth-order valence-corrected chi connectivity index (χ4v) is 3.41. The molecule has 150 valence electrons. The van der Waals surface area contributed by atoms with Gasteiger partial charge in [0, 0.05) is 29.5 Å². The van der Waals surface area contributed by atoms with E-state index < -0.39 is 17.8 Å². The fourth-order valence-electron chi connectivity index (χ4n) is 2.39. The number of aromatic nitrogens is 3. The van der Waals surface area contributed by atoms with E-state index in [-0.39, 0.29) is 45.2 Å². The molecule has 0 aliphatic heterocycles. The molecule has 3 N–H and O–H groups in total. The highest BCUT2D eigenvalue weighted by atomic mass is 32.2. The van der Waals surface area contributed by atoms with Gasteiger partial charge in [0.25, 0.3) is 0 Å². The minimum absolute atomic E-state index is 0. The van der Waals surface area contributed by atoms with Crippen molar-refractivity contribution in [2.45, 2.75) is 17.5 Å². The van der Waals surface area contributed by atoms with E-state index in [0.717, 1.165) is 0 Å². The number of nitrogens with one attached hydrogen (secondary N) is 1. The van der Waals surface area contributed by atoms with Gasteiger partial charge in [-0.2, -0.15) is 13.8 Å². The van der Waals surface area contributed by atoms with E-state index in [0.29, 0.717) is 28.2 Å². The van der Waals surface area contributed by atoms with E-state index in [9.17, 15) is 13.3 Å². The van der Waals surface area contributed by atoms with Crippen LogP contribution in [-0.4, -0.2) is 68.9 Å². The molecule has 1 unspecified atom stereocenters. The third kappa shape index (κ3) is 5.35. The molecule has 1 atom stereocenters. The largest absolute Gasteiger partial charge is 0.609 e. The van der Waals surface area contributed by atoms with Crippen molar-refractivity contribution in [3.63, 3.8) is 0 Å². The molecule has 12 heteroatoms. The predicted octanol–water partition coefficient (Wildman–Crippen LogP) is 1.14. The summed E-state index contributed by atoms with van der Waals surface area (Å²) < 4.78 is 52.1. The quantitative estimate of drug-likeness (QED) is 0.445. The lowest BCUT2D eigenvalue weighted by Gasteiger charge is -2.12. The Bertz CT molecular complexity index is 915. The molecule has 0 spiro atoms. The molecular formula is C16H19F2MgN3O5S. The molecule has 0 saturated heterocycles. The van der Waals surface area contributed by atoms with Crippen LogP contribution < -0.4 is 14.2 Å². The number of pyridine rings is 1. The summed E-state index contributed by atoms with van der Waals surface area (Å²) in [5, 5.41) is 0.195. The molecule has 0 aliphatic carbocycles. The van der Waals surface area contributed by atoms with Crippen molar-refractivity contribution in [3.05, 3.63) is 36.2 Å². The van der Waals surface area contributed by atoms with E-state index in [2.05, 4.69) is 19.7 Å². The van der Waals surface area contributed by atoms with Crippen LogP contribution in [0.4, 0.5) is 8.78 Å². The smallest absolute Gasteiger partial charge is 0.387 e. The Kier molecular flexibility index (Phi) is 9.17. The Balaban J connectivity index is 0.00000196. The predicted molar refractivity (Wildman–Crippen MR) is 102 cm³/mol. The first-order chi connectivity index (χ1) is 12.5. The maximum absolute atomic E-state index is 12.6. The number of nitrogens with zero attached hydrogens (tertiary/aromatic N) is 2. The summed E-state index contributed by atoms with van der Waals surface area (Å²) in [6.07, 6.45) is 1.53. The molecular weight excluding hydrogens is 409 g/mol. The highest BCUT2D eigenvalue weighted by molar-refractivity contribution is 7.90. The zero-order valence-electron chi connectivity index (χ0n) is 14.4. The molecule has 3 rings (SSSR count). The molecule has 2 aromatic heterocycles. The average molecular weight is 428 g/mol. The van der Waals surface area contributed by atoms with Gasteiger partial charge in [-0.3, -0.25) is 9.97 Å². The number of benzene rings is 1. The number of imidazole rings is 1. The van der Waals surface area contributed by atoms with Crippen LogP contribution in [0.15, 0.2) is 35.6 Å². The highest BCUT2D eigenvalue weighted by Crippen LogP contribution is 2.31. The summed E-state index contributed by atoms with van der Waals surface area (Å²) in [6, 6.07) is 5.90. The Morgan fingerprint density at radius 1 is 1.21 bits per heavy atom. The molecule has 0 saturated carbocycles. The van der Waals surface area contributed by atoms with Gasteiger partial charge in [0.15, 0.2) is 17.3 Å². The topological polar surface area (TPSA) is 124 Å². The number of hydrogen-bond donors (Lipinski definition) is 1. The standard InChI is InChI=1S/C16H15F2N3O4S.Mg.H2O.2H/c1-23-13-5-6-19-12(14(13)24-2)8-26(22)16-20-10-4-3-9(25-15(17)18)7-11(10)21-16;;;;/h3-7,15H,8H2,1-2H3,(H,20,21);;1H2;;. The van der Waals surface area contributed by atoms with Crippen molar-refractivity contribution >= 4 is 45.3 Å². The first-order valence-corrected chi connectivity index (χ1v) is 8.72. The van der Waals surface area contributed by atoms with Gasteiger partial charge < -0.3 is 24.2 Å². The Morgan fingerprint density at radius 3 is 2.61 bits per heavy atom. The zero-order chi connectivity index (χ0) is 18.7. The van der Waals surface area contributed by atoms with E-state index in [1.807, 2.05) is 0 Å². The number of halogens is 2. The Labute approximate surface area is 178 Å². The maximum Gasteiger partial charge on any atom is 0.387 e. The highest BCUT2D eigenvalue weighted by Gasteiger charge is 2.22. The monoisotopic (exact) mass is 427 g/mol. The van der Waals surface area contributed by atoms with Crippen molar-refractivity contribution in [2.75, 3.05) is 14.2 Å². The molecule has 0 aliphatic rings. The van der Waals surface area contributed by atoms with E-state index in [1.54, 1.807) is 6.07 Å². The van der Waals surface area contributed by atoms with Gasteiger partial charge in [-0.1, -0.05) is 0 Å². The molecule has 1 aromatic carbocycles. The zero-order valence-corrected chi connectivity index (χ0v) is 15.2. The summed E-state index contributed by atoms with van der Waals surface area (Å²) >= 11 is -1.56. The second-order valence-corrected chi connectivity index (χ2v) is 6.45. The van der Waals surface area contributed by atoms with Gasteiger partial charge >= 0.3 is 34.8 Å². The van der Waals surface area contributed by atoms with Crippen molar-refractivity contribution in [1.82, 2.24) is 15.0 Å². The minimum atomic E-state index is -2.92. The van der Waals surface area contributed by atoms with Crippen LogP contribution in [0, 0.1) is 0 Å². The second kappa shape index (κ2) is 10.6. The third-order valence-electron chi connectivity index (χ3n) is 3.51. The maximum atomic E-state index is 12.6. The van der Waals surface area contributed by atoms with Gasteiger partial charge in [0.05, 0.1) is 25.3 Å². The summed E-state index contributed by atoms with van der Waals surface area (Å²) in [4.78, 5) is 11.3. The lowest BCUT2D eigenvalue weighted by molar-refractivity contribution is -0.0497. The Morgan fingerprint density at radius 2 is 1.96 bits per heavy atom. The van der Waals surface area contributed by atoms with Crippen LogP contribution in [-0.2, 0) is 16.9 Å². The number of methoxy groups -OCH3 is 2. The molecule has 0 radical (unpaired) electrons. The number of fused-ring (bicyclic) bond motifs is 1. The van der Waals surface area contributed by atoms with E-state index in [4.69, 9.17) is 9.47 Å². The SMILES string of the molecule is COc1ccnc(C[S+]([O-])c2nc3cc(OC(F)F)ccc3[nH]2)c1OC.O.[MgH2]. The van der Waals surface area contributed by atoms with Crippen LogP contribution in [0.1, 0.15) is 5.69 Å². The number of alkyl halides is 2. The van der Waals surface area contributed by atoms with Gasteiger partial charge in [-0.05, 0) is 12.1 Å². The van der Waals surface area contributed by atoms with Crippen LogP contribution in [0.5, 0.6) is 17.2 Å². The number of rotatable bonds is 7. The third-order valence-corrected chi connectivity index (χ3v) is 4.67. The summed E-state index contributed by atoms with van der Waals surface area (Å²) in [7, 11) is 2.97. The van der Waals surface area contributed by atoms with Crippen LogP contribution in [0.25, 0.3) is 11.0 Å². The number of ether oxygens (including phenoxy) is 3. The second-order valence-electron chi connectivity index (χ2n) is 5.08. The lowest BCUT2D eigenvalue weighted by atomic mass is 10.3. The normalized spacial score (nSPS) is 11.5. The van der Waals surface area contributed by atoms with Gasteiger partial charge in [-0.25, -0.2) is 0 Å². The summed E-state index contributed by atoms with van der Waals surface area (Å²) in [5.41, 5.74) is 1.38. The van der Waals surface area contributed by atoms with Gasteiger partial charge in [0.1, 0.15) is 11.4 Å². The van der Waals surface area contributed by atoms with Crippen LogP contribution in [0.3, 0.4) is 0 Å². The molecule has 3 aromatic rings. The lowest BCUT2D eigenvalue weighted by Crippen LogP contribution is -2.10. The van der Waals surface area contributed by atoms with Gasteiger partial charge in [0.2, 0.25) is 0 Å². The number of hydrogen-bond acceptors (Lipinski definition) is 6. The fraction of sp³-hybridized carbons (Fsp3) is 0.250. The summed E-state index contributed by atoms with van der Waals surface area (Å²) in [6.45, 7) is -2.92. The average Bonchev–Trinajstić information content (AvgIpc) is 3.04. The number of aromatic amines is 1. The molecule has 2 heterocycles. The first-order valence-electron chi connectivity index (χ1n) is 7.40. The van der Waals surface area contributed by atoms with Gasteiger partial charge in [-0.15, -0.1) is 0 Å². The molecule has 0 bridgehead atoms. The van der Waals surface area contributed by atoms with Crippen molar-refractivity contribution < 1.29 is 33.0 Å². The number of H-pyrrole nitrogens is 1. The van der Waals surface area contributed by atoms with Crippen LogP contribution >= 0.6 is 0 Å². The molecule has 8 nitrogen and oxygen atoms in total. The van der Waals surface area contributed by atoms with Crippen molar-refractivity contribution in [2.24, 2.45) is 0 Å². The van der Waals surface area contributed by atoms with Crippen LogP contribution in [0.2, 0.25) is 0 Å². The van der Waals surface area contributed by atoms with E-state index in [1.165, 1.54) is 38.6 Å². The molecule has 0 fully saturated rings. The summed E-state index contributed by atoms with van der Waals surface area (Å²) in [5.74, 6) is 0.896. The van der Waals surface area contributed by atoms with Crippen molar-refractivity contribution in [3.8, 4) is 17.2 Å². The van der Waals surface area contributed by atoms with E-state index >= 15 is 0 Å². The first kappa shape index (κ1) is 24.2. The van der Waals surface area contributed by atoms with Crippen molar-refractivity contribution in [1.29, 1.82) is 0 Å². The molecule has 28 heavy (non-hydrogen) atoms. The minimum Gasteiger partial charge on any atom is -0.609 e. The molecule has 0 amide bonds. The Hall–Kier alpha value is -1.86.